The lowest BCUT2D eigenvalue weighted by Gasteiger charge is -2.40. The van der Waals surface area contributed by atoms with E-state index < -0.39 is 0 Å². The van der Waals surface area contributed by atoms with E-state index in [0.29, 0.717) is 0 Å². The van der Waals surface area contributed by atoms with Gasteiger partial charge in [0.05, 0.1) is 6.07 Å². The second kappa shape index (κ2) is 5.20. The monoisotopic (exact) mass is 248 g/mol. The molecule has 0 aromatic carbocycles. The summed E-state index contributed by atoms with van der Waals surface area (Å²) in [6.45, 7) is 6.50. The summed E-state index contributed by atoms with van der Waals surface area (Å²) in [5.74, 6) is 0.721. The highest BCUT2D eigenvalue weighted by Gasteiger charge is 2.34. The predicted molar refractivity (Wildman–Crippen MR) is 72.0 cm³/mol. The summed E-state index contributed by atoms with van der Waals surface area (Å²) in [5, 5.41) is 13.8. The van der Waals surface area contributed by atoms with E-state index in [0.717, 1.165) is 25.4 Å². The molecule has 2 atom stereocenters. The summed E-state index contributed by atoms with van der Waals surface area (Å²) in [5.41, 5.74) is 0.952. The lowest BCUT2D eigenvalue weighted by Crippen LogP contribution is -2.51. The van der Waals surface area contributed by atoms with Crippen molar-refractivity contribution in [2.45, 2.75) is 38.6 Å². The first-order valence-electron chi connectivity index (χ1n) is 6.31. The Labute approximate surface area is 108 Å². The normalized spacial score (nSPS) is 25.1. The number of rotatable bonds is 3. The third-order valence-corrected chi connectivity index (χ3v) is 4.46. The van der Waals surface area contributed by atoms with Gasteiger partial charge >= 0.3 is 0 Å². The molecule has 2 nitrogen and oxygen atoms in total. The number of nitriles is 1. The van der Waals surface area contributed by atoms with Crippen LogP contribution >= 0.6 is 11.3 Å². The molecule has 2 rings (SSSR count). The lowest BCUT2D eigenvalue weighted by molar-refractivity contribution is 0.0959. The van der Waals surface area contributed by atoms with Gasteiger partial charge in [0.1, 0.15) is 5.54 Å². The zero-order valence-corrected chi connectivity index (χ0v) is 11.5. The van der Waals surface area contributed by atoms with E-state index in [-0.39, 0.29) is 5.54 Å². The molecule has 2 unspecified atom stereocenters. The van der Waals surface area contributed by atoms with E-state index in [1.54, 1.807) is 11.3 Å². The molecule has 0 N–H and O–H groups in total. The molecule has 0 radical (unpaired) electrons. The summed E-state index contributed by atoms with van der Waals surface area (Å²) in [7, 11) is 0. The highest BCUT2D eigenvalue weighted by molar-refractivity contribution is 7.07. The van der Waals surface area contributed by atoms with E-state index in [1.165, 1.54) is 18.4 Å². The van der Waals surface area contributed by atoms with Crippen LogP contribution in [0, 0.1) is 17.2 Å². The van der Waals surface area contributed by atoms with Crippen molar-refractivity contribution in [3.05, 3.63) is 22.4 Å². The average molecular weight is 248 g/mol. The number of nitrogens with zero attached hydrogens (tertiary/aromatic N) is 2. The van der Waals surface area contributed by atoms with Crippen LogP contribution in [0.4, 0.5) is 0 Å². The van der Waals surface area contributed by atoms with Crippen LogP contribution in [0.5, 0.6) is 0 Å². The fraction of sp³-hybridized carbons (Fsp3) is 0.643. The first kappa shape index (κ1) is 12.6. The molecular formula is C14H20N2S. The third kappa shape index (κ3) is 2.88. The quantitative estimate of drug-likeness (QED) is 0.820. The smallest absolute Gasteiger partial charge is 0.110 e. The van der Waals surface area contributed by atoms with E-state index in [9.17, 15) is 5.26 Å². The van der Waals surface area contributed by atoms with Crippen LogP contribution in [0.1, 0.15) is 32.3 Å². The molecule has 1 saturated heterocycles. The van der Waals surface area contributed by atoms with Crippen LogP contribution in [0.15, 0.2) is 16.8 Å². The van der Waals surface area contributed by atoms with Gasteiger partial charge in [-0.25, -0.2) is 0 Å². The van der Waals surface area contributed by atoms with Crippen LogP contribution in [-0.2, 0) is 6.42 Å². The van der Waals surface area contributed by atoms with Crippen LogP contribution in [0.3, 0.4) is 0 Å². The minimum absolute atomic E-state index is 0.338. The Morgan fingerprint density at radius 3 is 3.06 bits per heavy atom. The Morgan fingerprint density at radius 1 is 1.65 bits per heavy atom. The Hall–Kier alpha value is -0.850. The molecule has 0 saturated carbocycles. The van der Waals surface area contributed by atoms with Gasteiger partial charge < -0.3 is 0 Å². The largest absolute Gasteiger partial charge is 0.285 e. The molecule has 0 aliphatic carbocycles. The molecule has 0 bridgehead atoms. The van der Waals surface area contributed by atoms with Crippen molar-refractivity contribution in [2.24, 2.45) is 5.92 Å². The van der Waals surface area contributed by atoms with Gasteiger partial charge in [0.15, 0.2) is 0 Å². The van der Waals surface area contributed by atoms with Gasteiger partial charge in [-0.2, -0.15) is 16.6 Å². The Balaban J connectivity index is 2.10. The summed E-state index contributed by atoms with van der Waals surface area (Å²) >= 11 is 1.71. The topological polar surface area (TPSA) is 27.0 Å². The van der Waals surface area contributed by atoms with Crippen molar-refractivity contribution in [1.29, 1.82) is 5.26 Å². The molecular weight excluding hydrogens is 228 g/mol. The molecule has 1 aromatic rings. The average Bonchev–Trinajstić information content (AvgIpc) is 2.81. The molecule has 0 amide bonds. The zero-order valence-electron chi connectivity index (χ0n) is 10.6. The standard InChI is InChI=1S/C14H20N2S/c1-12-4-3-6-16(9-12)14(2,11-15)8-13-5-7-17-10-13/h5,7,10,12H,3-4,6,8-9H2,1-2H3. The van der Waals surface area contributed by atoms with Gasteiger partial charge in [0.25, 0.3) is 0 Å². The molecule has 1 aliphatic heterocycles. The molecule has 0 spiro atoms. The Morgan fingerprint density at radius 2 is 2.47 bits per heavy atom. The molecule has 1 aliphatic rings. The maximum atomic E-state index is 9.53. The molecule has 1 aromatic heterocycles. The lowest BCUT2D eigenvalue weighted by atomic mass is 9.89. The van der Waals surface area contributed by atoms with Crippen molar-refractivity contribution >= 4 is 11.3 Å². The minimum atomic E-state index is -0.338. The summed E-state index contributed by atoms with van der Waals surface area (Å²) in [4.78, 5) is 2.37. The fourth-order valence-electron chi connectivity index (χ4n) is 2.65. The summed E-state index contributed by atoms with van der Waals surface area (Å²) < 4.78 is 0. The van der Waals surface area contributed by atoms with E-state index in [4.69, 9.17) is 0 Å². The minimum Gasteiger partial charge on any atom is -0.285 e. The van der Waals surface area contributed by atoms with Crippen LogP contribution in [-0.4, -0.2) is 23.5 Å². The van der Waals surface area contributed by atoms with Crippen molar-refractivity contribution in [3.63, 3.8) is 0 Å². The molecule has 2 heterocycles. The first-order valence-corrected chi connectivity index (χ1v) is 7.26. The van der Waals surface area contributed by atoms with Gasteiger partial charge in [-0.15, -0.1) is 0 Å². The maximum Gasteiger partial charge on any atom is 0.110 e. The zero-order chi connectivity index (χ0) is 12.3. The van der Waals surface area contributed by atoms with Crippen molar-refractivity contribution < 1.29 is 0 Å². The van der Waals surface area contributed by atoms with Crippen LogP contribution in [0.2, 0.25) is 0 Å². The molecule has 1 fully saturated rings. The van der Waals surface area contributed by atoms with Gasteiger partial charge in [0.2, 0.25) is 0 Å². The van der Waals surface area contributed by atoms with E-state index >= 15 is 0 Å². The fourth-order valence-corrected chi connectivity index (χ4v) is 3.32. The van der Waals surface area contributed by atoms with Crippen molar-refractivity contribution in [3.8, 4) is 6.07 Å². The second-order valence-corrected chi connectivity index (χ2v) is 6.17. The third-order valence-electron chi connectivity index (χ3n) is 3.72. The van der Waals surface area contributed by atoms with Crippen LogP contribution < -0.4 is 0 Å². The van der Waals surface area contributed by atoms with Gasteiger partial charge in [-0.1, -0.05) is 6.92 Å². The van der Waals surface area contributed by atoms with Crippen molar-refractivity contribution in [1.82, 2.24) is 4.90 Å². The summed E-state index contributed by atoms with van der Waals surface area (Å²) in [6, 6.07) is 4.67. The van der Waals surface area contributed by atoms with Gasteiger partial charge in [-0.3, -0.25) is 4.90 Å². The Kier molecular flexibility index (Phi) is 3.86. The number of hydrogen-bond donors (Lipinski definition) is 0. The van der Waals surface area contributed by atoms with Crippen LogP contribution in [0.25, 0.3) is 0 Å². The van der Waals surface area contributed by atoms with Crippen molar-refractivity contribution in [2.75, 3.05) is 13.1 Å². The molecule has 17 heavy (non-hydrogen) atoms. The maximum absolute atomic E-state index is 9.53. The number of hydrogen-bond acceptors (Lipinski definition) is 3. The highest BCUT2D eigenvalue weighted by atomic mass is 32.1. The van der Waals surface area contributed by atoms with Gasteiger partial charge in [0, 0.05) is 13.0 Å². The predicted octanol–water partition coefficient (Wildman–Crippen LogP) is 3.30. The van der Waals surface area contributed by atoms with E-state index in [2.05, 4.69) is 41.6 Å². The van der Waals surface area contributed by atoms with E-state index in [1.807, 2.05) is 0 Å². The summed E-state index contributed by atoms with van der Waals surface area (Å²) in [6.07, 6.45) is 3.37. The SMILES string of the molecule is CC1CCCN(C(C)(C#N)Cc2ccsc2)C1. The highest BCUT2D eigenvalue weighted by Crippen LogP contribution is 2.27. The number of likely N-dealkylation sites (tertiary alicyclic amines) is 1. The molecule has 92 valence electrons. The first-order chi connectivity index (χ1) is 8.14. The second-order valence-electron chi connectivity index (χ2n) is 5.39. The molecule has 3 heteroatoms. The number of thiophene rings is 1. The Bertz CT molecular complexity index is 393. The number of piperidine rings is 1. The van der Waals surface area contributed by atoms with Gasteiger partial charge in [-0.05, 0) is 54.6 Å².